The molecular weight excluding hydrogens is 199 g/mol. The van der Waals surface area contributed by atoms with Crippen molar-refractivity contribution in [1.29, 1.82) is 0 Å². The van der Waals surface area contributed by atoms with Gasteiger partial charge in [-0.05, 0) is 12.5 Å². The molecule has 2 atom stereocenters. The zero-order valence-corrected chi connectivity index (χ0v) is 7.94. The Morgan fingerprint density at radius 3 is 2.43 bits per heavy atom. The van der Waals surface area contributed by atoms with Crippen molar-refractivity contribution in [1.82, 2.24) is 5.32 Å². The largest absolute Gasteiger partial charge is 0.468 e. The molecule has 1 aliphatic heterocycles. The van der Waals surface area contributed by atoms with Crippen LogP contribution < -0.4 is 5.32 Å². The van der Waals surface area contributed by atoms with Crippen molar-refractivity contribution in [2.75, 3.05) is 20.2 Å². The van der Waals surface area contributed by atoms with E-state index in [1.165, 1.54) is 6.92 Å². The Morgan fingerprint density at radius 1 is 1.57 bits per heavy atom. The van der Waals surface area contributed by atoms with Crippen LogP contribution in [0.2, 0.25) is 0 Å². The zero-order chi connectivity index (χ0) is 11.0. The minimum atomic E-state index is -4.57. The molecule has 1 N–H and O–H groups in total. The van der Waals surface area contributed by atoms with Gasteiger partial charge < -0.3 is 10.1 Å². The minimum absolute atomic E-state index is 0.175. The van der Waals surface area contributed by atoms with Gasteiger partial charge in [-0.2, -0.15) is 13.2 Å². The third-order valence-electron chi connectivity index (χ3n) is 2.75. The van der Waals surface area contributed by atoms with Crippen LogP contribution in [0.4, 0.5) is 13.2 Å². The molecule has 14 heavy (non-hydrogen) atoms. The van der Waals surface area contributed by atoms with Gasteiger partial charge >= 0.3 is 12.1 Å². The van der Waals surface area contributed by atoms with Gasteiger partial charge in [0.25, 0.3) is 0 Å². The molecule has 0 spiro atoms. The number of ether oxygens (including phenoxy) is 1. The molecule has 0 aromatic rings. The second kappa shape index (κ2) is 3.42. The molecule has 0 aromatic heterocycles. The fourth-order valence-electron chi connectivity index (χ4n) is 1.79. The predicted octanol–water partition coefficient (Wildman–Crippen LogP) is 0.947. The van der Waals surface area contributed by atoms with Crippen LogP contribution in [0.1, 0.15) is 6.92 Å². The van der Waals surface area contributed by atoms with E-state index in [-0.39, 0.29) is 6.54 Å². The summed E-state index contributed by atoms with van der Waals surface area (Å²) in [5, 5.41) is 2.56. The van der Waals surface area contributed by atoms with Crippen LogP contribution >= 0.6 is 0 Å². The first kappa shape index (κ1) is 11.3. The average Bonchev–Trinajstić information content (AvgIpc) is 2.45. The van der Waals surface area contributed by atoms with Crippen molar-refractivity contribution >= 4 is 5.97 Å². The van der Waals surface area contributed by atoms with E-state index in [1.807, 2.05) is 0 Å². The lowest BCUT2D eigenvalue weighted by Crippen LogP contribution is -2.50. The van der Waals surface area contributed by atoms with Gasteiger partial charge in [-0.25, -0.2) is 0 Å². The molecule has 1 fully saturated rings. The van der Waals surface area contributed by atoms with Crippen LogP contribution in [0, 0.1) is 11.3 Å². The molecule has 3 nitrogen and oxygen atoms in total. The van der Waals surface area contributed by atoms with Crippen molar-refractivity contribution in [2.45, 2.75) is 13.1 Å². The third kappa shape index (κ3) is 1.37. The fraction of sp³-hybridized carbons (Fsp3) is 0.875. The van der Waals surface area contributed by atoms with Crippen molar-refractivity contribution in [3.63, 3.8) is 0 Å². The highest BCUT2D eigenvalue weighted by molar-refractivity contribution is 5.79. The summed E-state index contributed by atoms with van der Waals surface area (Å²) in [6, 6.07) is 0. The van der Waals surface area contributed by atoms with E-state index in [1.54, 1.807) is 0 Å². The van der Waals surface area contributed by atoms with E-state index < -0.39 is 30.0 Å². The van der Waals surface area contributed by atoms with Crippen LogP contribution in [-0.2, 0) is 9.53 Å². The summed E-state index contributed by atoms with van der Waals surface area (Å²) in [6.45, 7) is 1.17. The maximum atomic E-state index is 12.8. The van der Waals surface area contributed by atoms with Crippen LogP contribution in [0.3, 0.4) is 0 Å². The van der Waals surface area contributed by atoms with Gasteiger partial charge in [-0.3, -0.25) is 4.79 Å². The maximum Gasteiger partial charge on any atom is 0.406 e. The number of hydrogen-bond acceptors (Lipinski definition) is 3. The van der Waals surface area contributed by atoms with Crippen LogP contribution in [0.25, 0.3) is 0 Å². The molecule has 1 rings (SSSR count). The van der Waals surface area contributed by atoms with Gasteiger partial charge in [-0.15, -0.1) is 0 Å². The van der Waals surface area contributed by atoms with Gasteiger partial charge in [0.2, 0.25) is 0 Å². The number of alkyl halides is 3. The van der Waals surface area contributed by atoms with Crippen molar-refractivity contribution in [3.05, 3.63) is 0 Å². The first-order valence-corrected chi connectivity index (χ1v) is 4.22. The van der Waals surface area contributed by atoms with E-state index in [2.05, 4.69) is 10.1 Å². The summed E-state index contributed by atoms with van der Waals surface area (Å²) in [5.74, 6) is -2.00. The topological polar surface area (TPSA) is 38.3 Å². The summed E-state index contributed by atoms with van der Waals surface area (Å²) >= 11 is 0. The molecule has 0 saturated carbocycles. The smallest absolute Gasteiger partial charge is 0.406 e. The standard InChI is InChI=1S/C8H12F3NO2/c1-5-3-12-4-7(5,6(13)14-2)8(9,10)11/h5,12H,3-4H2,1-2H3/t5-,7-/m0/s1. The van der Waals surface area contributed by atoms with Gasteiger partial charge in [0, 0.05) is 6.54 Å². The van der Waals surface area contributed by atoms with E-state index in [0.717, 1.165) is 7.11 Å². The molecule has 0 unspecified atom stereocenters. The highest BCUT2D eigenvalue weighted by atomic mass is 19.4. The molecule has 0 aromatic carbocycles. The number of esters is 1. The second-order valence-electron chi connectivity index (χ2n) is 3.49. The van der Waals surface area contributed by atoms with E-state index in [0.29, 0.717) is 0 Å². The van der Waals surface area contributed by atoms with Crippen LogP contribution in [0.5, 0.6) is 0 Å². The predicted molar refractivity (Wildman–Crippen MR) is 42.5 cm³/mol. The van der Waals surface area contributed by atoms with Crippen molar-refractivity contribution < 1.29 is 22.7 Å². The highest BCUT2D eigenvalue weighted by Gasteiger charge is 2.66. The Morgan fingerprint density at radius 2 is 2.14 bits per heavy atom. The quantitative estimate of drug-likeness (QED) is 0.656. The molecule has 82 valence electrons. The molecule has 1 saturated heterocycles. The zero-order valence-electron chi connectivity index (χ0n) is 7.94. The molecule has 1 aliphatic rings. The molecule has 0 amide bonds. The number of rotatable bonds is 1. The van der Waals surface area contributed by atoms with E-state index in [4.69, 9.17) is 0 Å². The second-order valence-corrected chi connectivity index (χ2v) is 3.49. The minimum Gasteiger partial charge on any atom is -0.468 e. The highest BCUT2D eigenvalue weighted by Crippen LogP contribution is 2.47. The molecule has 0 aliphatic carbocycles. The number of halogens is 3. The Hall–Kier alpha value is -0.780. The van der Waals surface area contributed by atoms with E-state index in [9.17, 15) is 18.0 Å². The monoisotopic (exact) mass is 211 g/mol. The summed E-state index contributed by atoms with van der Waals surface area (Å²) in [6.07, 6.45) is -4.57. The molecule has 0 radical (unpaired) electrons. The fourth-order valence-corrected chi connectivity index (χ4v) is 1.79. The Labute approximate surface area is 79.6 Å². The summed E-state index contributed by atoms with van der Waals surface area (Å²) in [4.78, 5) is 11.2. The lowest BCUT2D eigenvalue weighted by Gasteiger charge is -2.31. The molecule has 6 heteroatoms. The van der Waals surface area contributed by atoms with Crippen molar-refractivity contribution in [3.8, 4) is 0 Å². The van der Waals surface area contributed by atoms with Crippen LogP contribution in [0.15, 0.2) is 0 Å². The number of carbonyl (C=O) groups is 1. The average molecular weight is 211 g/mol. The number of hydrogen-bond donors (Lipinski definition) is 1. The lowest BCUT2D eigenvalue weighted by molar-refractivity contribution is -0.237. The van der Waals surface area contributed by atoms with Gasteiger partial charge in [-0.1, -0.05) is 6.92 Å². The summed E-state index contributed by atoms with van der Waals surface area (Å²) in [7, 11) is 0.973. The SMILES string of the molecule is COC(=O)[C@]1(C(F)(F)F)CNC[C@@H]1C. The molecule has 0 bridgehead atoms. The Kier molecular flexibility index (Phi) is 2.76. The number of nitrogens with one attached hydrogen (secondary N) is 1. The number of carbonyl (C=O) groups excluding carboxylic acids is 1. The summed E-state index contributed by atoms with van der Waals surface area (Å²) < 4.78 is 42.5. The Balaban J connectivity index is 3.08. The normalized spacial score (nSPS) is 33.1. The Bertz CT molecular complexity index is 241. The van der Waals surface area contributed by atoms with Gasteiger partial charge in [0.15, 0.2) is 5.41 Å². The first-order chi connectivity index (χ1) is 6.36. The first-order valence-electron chi connectivity index (χ1n) is 4.22. The van der Waals surface area contributed by atoms with Gasteiger partial charge in [0.05, 0.1) is 7.11 Å². The van der Waals surface area contributed by atoms with Crippen molar-refractivity contribution in [2.24, 2.45) is 11.3 Å². The molecule has 1 heterocycles. The maximum absolute atomic E-state index is 12.8. The molecular formula is C8H12F3NO2. The lowest BCUT2D eigenvalue weighted by atomic mass is 9.78. The van der Waals surface area contributed by atoms with E-state index >= 15 is 0 Å². The summed E-state index contributed by atoms with van der Waals surface area (Å²) in [5.41, 5.74) is -2.37. The number of methoxy groups -OCH3 is 1. The van der Waals surface area contributed by atoms with Crippen LogP contribution in [-0.4, -0.2) is 32.3 Å². The van der Waals surface area contributed by atoms with Gasteiger partial charge in [0.1, 0.15) is 0 Å². The third-order valence-corrected chi connectivity index (χ3v) is 2.75.